The molecule has 2 aromatic rings. The summed E-state index contributed by atoms with van der Waals surface area (Å²) < 4.78 is 43.7. The van der Waals surface area contributed by atoms with E-state index in [-0.39, 0.29) is 6.61 Å². The van der Waals surface area contributed by atoms with Crippen molar-refractivity contribution in [2.24, 2.45) is 0 Å². The number of ether oxygens (including phenoxy) is 1. The Hall–Kier alpha value is -1.24. The first-order valence-corrected chi connectivity index (χ1v) is 6.57. The van der Waals surface area contributed by atoms with E-state index in [2.05, 4.69) is 22.6 Å². The van der Waals surface area contributed by atoms with Gasteiger partial charge in [-0.25, -0.2) is 0 Å². The van der Waals surface area contributed by atoms with Gasteiger partial charge < -0.3 is 4.74 Å². The summed E-state index contributed by atoms with van der Waals surface area (Å²) in [7, 11) is 0. The fourth-order valence-corrected chi connectivity index (χ4v) is 1.85. The number of alkyl halides is 3. The van der Waals surface area contributed by atoms with E-state index in [1.165, 1.54) is 12.1 Å². The molecule has 1 nitrogen and oxygen atoms in total. The van der Waals surface area contributed by atoms with E-state index < -0.39 is 11.7 Å². The fourth-order valence-electron chi connectivity index (χ4n) is 1.49. The van der Waals surface area contributed by atoms with Crippen molar-refractivity contribution in [2.75, 3.05) is 0 Å². The predicted octanol–water partition coefficient (Wildman–Crippen LogP) is 4.89. The number of halogens is 4. The second-order valence-corrected chi connectivity index (χ2v) is 5.18. The van der Waals surface area contributed by atoms with Gasteiger partial charge in [0.05, 0.1) is 5.56 Å². The lowest BCUT2D eigenvalue weighted by atomic mass is 10.1. The van der Waals surface area contributed by atoms with Gasteiger partial charge in [-0.2, -0.15) is 13.2 Å². The molecule has 0 atom stereocenters. The van der Waals surface area contributed by atoms with Crippen molar-refractivity contribution < 1.29 is 17.9 Å². The fraction of sp³-hybridized carbons (Fsp3) is 0.143. The molecular weight excluding hydrogens is 368 g/mol. The van der Waals surface area contributed by atoms with Crippen LogP contribution in [0.15, 0.2) is 48.5 Å². The van der Waals surface area contributed by atoms with Crippen LogP contribution in [0, 0.1) is 3.57 Å². The van der Waals surface area contributed by atoms with Crippen LogP contribution in [0.25, 0.3) is 0 Å². The lowest BCUT2D eigenvalue weighted by Crippen LogP contribution is -2.05. The molecular formula is C14H10F3IO. The van der Waals surface area contributed by atoms with E-state index in [4.69, 9.17) is 4.74 Å². The lowest BCUT2D eigenvalue weighted by molar-refractivity contribution is -0.137. The highest BCUT2D eigenvalue weighted by atomic mass is 127. The number of hydrogen-bond donors (Lipinski definition) is 0. The molecule has 0 aromatic heterocycles. The summed E-state index contributed by atoms with van der Waals surface area (Å²) in [6, 6.07) is 12.4. The summed E-state index contributed by atoms with van der Waals surface area (Å²) in [4.78, 5) is 0. The van der Waals surface area contributed by atoms with Crippen LogP contribution in [0.5, 0.6) is 5.75 Å². The first-order chi connectivity index (χ1) is 8.95. The summed E-state index contributed by atoms with van der Waals surface area (Å²) in [6.07, 6.45) is -4.30. The molecule has 0 aliphatic carbocycles. The summed E-state index contributed by atoms with van der Waals surface area (Å²) in [5.41, 5.74) is 0.0528. The molecule has 0 bridgehead atoms. The van der Waals surface area contributed by atoms with Crippen LogP contribution in [0.4, 0.5) is 13.2 Å². The van der Waals surface area contributed by atoms with Crippen molar-refractivity contribution in [3.8, 4) is 5.75 Å². The Balaban J connectivity index is 1.98. The third-order valence-corrected chi connectivity index (χ3v) is 3.22. The minimum Gasteiger partial charge on any atom is -0.489 e. The molecule has 0 radical (unpaired) electrons. The molecule has 0 unspecified atom stereocenters. The summed E-state index contributed by atoms with van der Waals surface area (Å²) in [6.45, 7) is 0.249. The highest BCUT2D eigenvalue weighted by Gasteiger charge is 2.29. The van der Waals surface area contributed by atoms with Crippen LogP contribution in [-0.4, -0.2) is 0 Å². The molecule has 0 heterocycles. The van der Waals surface area contributed by atoms with Crippen molar-refractivity contribution in [3.05, 3.63) is 63.2 Å². The molecule has 0 fully saturated rings. The van der Waals surface area contributed by atoms with Gasteiger partial charge in [-0.05, 0) is 64.6 Å². The maximum atomic E-state index is 12.4. The quantitative estimate of drug-likeness (QED) is 0.692. The van der Waals surface area contributed by atoms with Crippen molar-refractivity contribution >= 4 is 22.6 Å². The Morgan fingerprint density at radius 2 is 1.47 bits per heavy atom. The van der Waals surface area contributed by atoms with Gasteiger partial charge in [0.25, 0.3) is 0 Å². The van der Waals surface area contributed by atoms with Crippen molar-refractivity contribution in [1.29, 1.82) is 0 Å². The SMILES string of the molecule is FC(F)(F)c1ccc(COc2ccc(I)cc2)cc1. The second kappa shape index (κ2) is 5.81. The largest absolute Gasteiger partial charge is 0.489 e. The van der Waals surface area contributed by atoms with E-state index in [9.17, 15) is 13.2 Å². The molecule has 2 rings (SSSR count). The zero-order chi connectivity index (χ0) is 13.9. The van der Waals surface area contributed by atoms with E-state index in [0.29, 0.717) is 11.3 Å². The van der Waals surface area contributed by atoms with Crippen LogP contribution in [0.2, 0.25) is 0 Å². The van der Waals surface area contributed by atoms with Gasteiger partial charge in [0.1, 0.15) is 12.4 Å². The molecule has 0 saturated carbocycles. The van der Waals surface area contributed by atoms with Gasteiger partial charge in [-0.3, -0.25) is 0 Å². The van der Waals surface area contributed by atoms with Crippen molar-refractivity contribution in [2.45, 2.75) is 12.8 Å². The van der Waals surface area contributed by atoms with Gasteiger partial charge in [0, 0.05) is 3.57 Å². The standard InChI is InChI=1S/C14H10F3IO/c15-14(16,17)11-3-1-10(2-4-11)9-19-13-7-5-12(18)6-8-13/h1-8H,9H2. The Morgan fingerprint density at radius 3 is 2.00 bits per heavy atom. The summed E-state index contributed by atoms with van der Waals surface area (Å²) in [5.74, 6) is 0.695. The molecule has 2 aromatic carbocycles. The molecule has 0 spiro atoms. The molecule has 0 aliphatic rings. The highest BCUT2D eigenvalue weighted by molar-refractivity contribution is 14.1. The molecule has 100 valence electrons. The Morgan fingerprint density at radius 1 is 0.895 bits per heavy atom. The van der Waals surface area contributed by atoms with Gasteiger partial charge in [0.2, 0.25) is 0 Å². The predicted molar refractivity (Wildman–Crippen MR) is 74.9 cm³/mol. The maximum absolute atomic E-state index is 12.4. The van der Waals surface area contributed by atoms with Crippen LogP contribution < -0.4 is 4.74 Å². The minimum absolute atomic E-state index is 0.249. The molecule has 0 amide bonds. The normalized spacial score (nSPS) is 11.4. The lowest BCUT2D eigenvalue weighted by Gasteiger charge is -2.09. The number of hydrogen-bond acceptors (Lipinski definition) is 1. The third kappa shape index (κ3) is 4.12. The Labute approximate surface area is 122 Å². The molecule has 0 saturated heterocycles. The van der Waals surface area contributed by atoms with E-state index >= 15 is 0 Å². The number of benzene rings is 2. The van der Waals surface area contributed by atoms with Crippen molar-refractivity contribution in [3.63, 3.8) is 0 Å². The van der Waals surface area contributed by atoms with Gasteiger partial charge in [-0.15, -0.1) is 0 Å². The molecule has 0 aliphatic heterocycles. The minimum atomic E-state index is -4.30. The maximum Gasteiger partial charge on any atom is 0.416 e. The average Bonchev–Trinajstić information content (AvgIpc) is 2.37. The van der Waals surface area contributed by atoms with Gasteiger partial charge >= 0.3 is 6.18 Å². The number of rotatable bonds is 3. The molecule has 19 heavy (non-hydrogen) atoms. The third-order valence-electron chi connectivity index (χ3n) is 2.50. The first-order valence-electron chi connectivity index (χ1n) is 5.50. The Bertz CT molecular complexity index is 532. The van der Waals surface area contributed by atoms with Crippen LogP contribution in [0.3, 0.4) is 0 Å². The Kier molecular flexibility index (Phi) is 4.34. The monoisotopic (exact) mass is 378 g/mol. The highest BCUT2D eigenvalue weighted by Crippen LogP contribution is 2.29. The zero-order valence-electron chi connectivity index (χ0n) is 9.75. The van der Waals surface area contributed by atoms with Crippen LogP contribution in [0.1, 0.15) is 11.1 Å². The van der Waals surface area contributed by atoms with Crippen LogP contribution >= 0.6 is 22.6 Å². The van der Waals surface area contributed by atoms with E-state index in [1.807, 2.05) is 24.3 Å². The molecule has 5 heteroatoms. The van der Waals surface area contributed by atoms with Crippen molar-refractivity contribution in [1.82, 2.24) is 0 Å². The zero-order valence-corrected chi connectivity index (χ0v) is 11.9. The van der Waals surface area contributed by atoms with E-state index in [1.54, 1.807) is 0 Å². The second-order valence-electron chi connectivity index (χ2n) is 3.94. The van der Waals surface area contributed by atoms with Crippen LogP contribution in [-0.2, 0) is 12.8 Å². The summed E-state index contributed by atoms with van der Waals surface area (Å²) >= 11 is 2.19. The first kappa shape index (κ1) is 14.2. The average molecular weight is 378 g/mol. The summed E-state index contributed by atoms with van der Waals surface area (Å²) in [5, 5.41) is 0. The van der Waals surface area contributed by atoms with Gasteiger partial charge in [-0.1, -0.05) is 12.1 Å². The topological polar surface area (TPSA) is 9.23 Å². The smallest absolute Gasteiger partial charge is 0.416 e. The molecule has 0 N–H and O–H groups in total. The van der Waals surface area contributed by atoms with E-state index in [0.717, 1.165) is 15.7 Å². The van der Waals surface area contributed by atoms with Gasteiger partial charge in [0.15, 0.2) is 0 Å².